The molecule has 0 aromatic heterocycles. The number of carbonyl (C=O) groups is 1. The normalized spacial score (nSPS) is 33.5. The van der Waals surface area contributed by atoms with E-state index in [-0.39, 0.29) is 11.4 Å². The number of hydrogen-bond donors (Lipinski definition) is 2. The molecule has 2 N–H and O–H groups in total. The van der Waals surface area contributed by atoms with Crippen LogP contribution in [0.15, 0.2) is 30.3 Å². The van der Waals surface area contributed by atoms with E-state index in [2.05, 4.69) is 22.3 Å². The van der Waals surface area contributed by atoms with Crippen LogP contribution in [0.3, 0.4) is 0 Å². The van der Waals surface area contributed by atoms with Crippen LogP contribution in [0.2, 0.25) is 0 Å². The van der Waals surface area contributed by atoms with E-state index in [1.165, 1.54) is 19.3 Å². The SMILES string of the molecule is C[C@@]1(O)CC[C@@](CN2CCCCC2)(c2ccccc2)NC1=O. The van der Waals surface area contributed by atoms with Gasteiger partial charge in [-0.15, -0.1) is 0 Å². The monoisotopic (exact) mass is 302 g/mol. The predicted molar refractivity (Wildman–Crippen MR) is 86.4 cm³/mol. The lowest BCUT2D eigenvalue weighted by atomic mass is 9.77. The summed E-state index contributed by atoms with van der Waals surface area (Å²) in [5.74, 6) is -0.250. The number of rotatable bonds is 3. The van der Waals surface area contributed by atoms with E-state index in [0.717, 1.165) is 31.6 Å². The Bertz CT molecular complexity index is 523. The highest BCUT2D eigenvalue weighted by Gasteiger charge is 2.46. The summed E-state index contributed by atoms with van der Waals surface area (Å²) in [6, 6.07) is 10.2. The lowest BCUT2D eigenvalue weighted by Crippen LogP contribution is -2.63. The average Bonchev–Trinajstić information content (AvgIpc) is 2.53. The van der Waals surface area contributed by atoms with Crippen molar-refractivity contribution in [1.29, 1.82) is 0 Å². The largest absolute Gasteiger partial charge is 0.380 e. The van der Waals surface area contributed by atoms with Crippen molar-refractivity contribution in [1.82, 2.24) is 10.2 Å². The molecule has 4 heteroatoms. The van der Waals surface area contributed by atoms with Gasteiger partial charge in [0.15, 0.2) is 0 Å². The Morgan fingerprint density at radius 3 is 2.45 bits per heavy atom. The zero-order chi connectivity index (χ0) is 15.6. The summed E-state index contributed by atoms with van der Waals surface area (Å²) >= 11 is 0. The van der Waals surface area contributed by atoms with Gasteiger partial charge in [-0.1, -0.05) is 36.8 Å². The Hall–Kier alpha value is -1.39. The van der Waals surface area contributed by atoms with Crippen LogP contribution in [0.25, 0.3) is 0 Å². The van der Waals surface area contributed by atoms with Gasteiger partial charge in [-0.3, -0.25) is 4.79 Å². The zero-order valence-electron chi connectivity index (χ0n) is 13.3. The third kappa shape index (κ3) is 3.03. The first-order chi connectivity index (χ1) is 10.5. The highest BCUT2D eigenvalue weighted by atomic mass is 16.3. The minimum Gasteiger partial charge on any atom is -0.380 e. The van der Waals surface area contributed by atoms with Gasteiger partial charge in [-0.2, -0.15) is 0 Å². The molecule has 2 aliphatic rings. The predicted octanol–water partition coefficient (Wildman–Crippen LogP) is 2.03. The number of nitrogens with one attached hydrogen (secondary N) is 1. The fraction of sp³-hybridized carbons (Fsp3) is 0.611. The Morgan fingerprint density at radius 2 is 1.82 bits per heavy atom. The van der Waals surface area contributed by atoms with Crippen LogP contribution >= 0.6 is 0 Å². The average molecular weight is 302 g/mol. The maximum absolute atomic E-state index is 12.4. The summed E-state index contributed by atoms with van der Waals surface area (Å²) < 4.78 is 0. The van der Waals surface area contributed by atoms with Crippen LogP contribution < -0.4 is 5.32 Å². The maximum atomic E-state index is 12.4. The molecule has 2 atom stereocenters. The molecule has 2 saturated heterocycles. The molecular weight excluding hydrogens is 276 g/mol. The van der Waals surface area contributed by atoms with Crippen molar-refractivity contribution >= 4 is 5.91 Å². The molecule has 0 bridgehead atoms. The minimum atomic E-state index is -1.25. The fourth-order valence-electron chi connectivity index (χ4n) is 3.67. The van der Waals surface area contributed by atoms with Crippen molar-refractivity contribution in [2.24, 2.45) is 0 Å². The van der Waals surface area contributed by atoms with Crippen molar-refractivity contribution in [3.8, 4) is 0 Å². The molecule has 0 radical (unpaired) electrons. The smallest absolute Gasteiger partial charge is 0.252 e. The number of nitrogens with zero attached hydrogens (tertiary/aromatic N) is 1. The van der Waals surface area contributed by atoms with Gasteiger partial charge in [0.2, 0.25) is 0 Å². The molecule has 22 heavy (non-hydrogen) atoms. The van der Waals surface area contributed by atoms with Crippen molar-refractivity contribution in [2.75, 3.05) is 19.6 Å². The summed E-state index contributed by atoms with van der Waals surface area (Å²) in [6.07, 6.45) is 5.04. The van der Waals surface area contributed by atoms with E-state index >= 15 is 0 Å². The van der Waals surface area contributed by atoms with Crippen LogP contribution in [-0.2, 0) is 10.3 Å². The summed E-state index contributed by atoms with van der Waals surface area (Å²) in [7, 11) is 0. The Balaban J connectivity index is 1.87. The fourth-order valence-corrected chi connectivity index (χ4v) is 3.67. The highest BCUT2D eigenvalue weighted by Crippen LogP contribution is 2.35. The highest BCUT2D eigenvalue weighted by molar-refractivity contribution is 5.86. The van der Waals surface area contributed by atoms with Gasteiger partial charge in [-0.05, 0) is 51.3 Å². The Morgan fingerprint density at radius 1 is 1.14 bits per heavy atom. The number of aliphatic hydroxyl groups is 1. The van der Waals surface area contributed by atoms with E-state index in [1.54, 1.807) is 6.92 Å². The van der Waals surface area contributed by atoms with Gasteiger partial charge in [0.05, 0.1) is 5.54 Å². The van der Waals surface area contributed by atoms with Crippen LogP contribution in [0, 0.1) is 0 Å². The number of carbonyl (C=O) groups excluding carboxylic acids is 1. The first kappa shape index (κ1) is 15.5. The molecule has 4 nitrogen and oxygen atoms in total. The molecule has 0 saturated carbocycles. The van der Waals surface area contributed by atoms with Gasteiger partial charge in [-0.25, -0.2) is 0 Å². The molecule has 120 valence electrons. The first-order valence-corrected chi connectivity index (χ1v) is 8.35. The van der Waals surface area contributed by atoms with Gasteiger partial charge >= 0.3 is 0 Å². The molecule has 2 aliphatic heterocycles. The Labute approximate surface area is 132 Å². The molecule has 1 aromatic carbocycles. The van der Waals surface area contributed by atoms with Crippen LogP contribution in [0.4, 0.5) is 0 Å². The maximum Gasteiger partial charge on any atom is 0.252 e. The lowest BCUT2D eigenvalue weighted by Gasteiger charge is -2.46. The van der Waals surface area contributed by atoms with Crippen LogP contribution in [0.1, 0.15) is 44.6 Å². The number of amides is 1. The van der Waals surface area contributed by atoms with E-state index in [1.807, 2.05) is 18.2 Å². The van der Waals surface area contributed by atoms with Crippen molar-refractivity contribution < 1.29 is 9.90 Å². The first-order valence-electron chi connectivity index (χ1n) is 8.35. The summed E-state index contributed by atoms with van der Waals surface area (Å²) in [5.41, 5.74) is -0.484. The lowest BCUT2D eigenvalue weighted by molar-refractivity contribution is -0.147. The quantitative estimate of drug-likeness (QED) is 0.898. The third-order valence-electron chi connectivity index (χ3n) is 5.15. The second-order valence-corrected chi connectivity index (χ2v) is 7.01. The number of hydrogen-bond acceptors (Lipinski definition) is 3. The molecule has 0 spiro atoms. The molecule has 1 aromatic rings. The number of benzene rings is 1. The molecule has 0 unspecified atom stereocenters. The number of piperidine rings is 2. The molecule has 2 fully saturated rings. The number of likely N-dealkylation sites (tertiary alicyclic amines) is 1. The summed E-state index contributed by atoms with van der Waals surface area (Å²) in [6.45, 7) is 4.64. The van der Waals surface area contributed by atoms with Crippen LogP contribution in [-0.4, -0.2) is 41.1 Å². The van der Waals surface area contributed by atoms with Crippen molar-refractivity contribution in [3.05, 3.63) is 35.9 Å². The van der Waals surface area contributed by atoms with Crippen LogP contribution in [0.5, 0.6) is 0 Å². The molecule has 3 rings (SSSR count). The van der Waals surface area contributed by atoms with E-state index in [4.69, 9.17) is 0 Å². The topological polar surface area (TPSA) is 52.6 Å². The molecule has 0 aliphatic carbocycles. The van der Waals surface area contributed by atoms with Gasteiger partial charge in [0.25, 0.3) is 5.91 Å². The van der Waals surface area contributed by atoms with E-state index in [9.17, 15) is 9.90 Å². The van der Waals surface area contributed by atoms with Crippen molar-refractivity contribution in [2.45, 2.75) is 50.2 Å². The van der Waals surface area contributed by atoms with Gasteiger partial charge in [0, 0.05) is 6.54 Å². The zero-order valence-corrected chi connectivity index (χ0v) is 13.3. The second kappa shape index (κ2) is 6.01. The summed E-state index contributed by atoms with van der Waals surface area (Å²) in [4.78, 5) is 14.8. The minimum absolute atomic E-state index is 0.250. The van der Waals surface area contributed by atoms with Gasteiger partial charge in [0.1, 0.15) is 5.60 Å². The van der Waals surface area contributed by atoms with Crippen molar-refractivity contribution in [3.63, 3.8) is 0 Å². The van der Waals surface area contributed by atoms with Gasteiger partial charge < -0.3 is 15.3 Å². The molecule has 2 heterocycles. The standard InChI is InChI=1S/C18H26N2O2/c1-17(22)10-11-18(19-16(17)21,15-8-4-2-5-9-15)14-20-12-6-3-7-13-20/h2,4-5,8-9,22H,3,6-7,10-14H2,1H3,(H,19,21)/t17-,18-/m1/s1. The summed E-state index contributed by atoms with van der Waals surface area (Å²) in [5, 5.41) is 13.4. The van der Waals surface area contributed by atoms with E-state index < -0.39 is 5.60 Å². The third-order valence-corrected chi connectivity index (χ3v) is 5.15. The Kier molecular flexibility index (Phi) is 4.24. The molecule has 1 amide bonds. The van der Waals surface area contributed by atoms with E-state index in [0.29, 0.717) is 6.42 Å². The second-order valence-electron chi connectivity index (χ2n) is 7.01. The molecular formula is C18H26N2O2.